The van der Waals surface area contributed by atoms with Crippen molar-refractivity contribution in [3.05, 3.63) is 210 Å². The lowest BCUT2D eigenvalue weighted by molar-refractivity contribution is 0.661. The van der Waals surface area contributed by atoms with Crippen LogP contribution in [0.4, 0.5) is 34.1 Å². The van der Waals surface area contributed by atoms with Gasteiger partial charge in [-0.25, -0.2) is 0 Å². The highest BCUT2D eigenvalue weighted by Crippen LogP contribution is 2.50. The number of aromatic nitrogens is 1. The Morgan fingerprint density at radius 1 is 0.322 bits per heavy atom. The summed E-state index contributed by atoms with van der Waals surface area (Å²) in [6, 6.07) is 68.9. The molecular weight excluding hydrogens is 715 g/mol. The van der Waals surface area contributed by atoms with E-state index >= 15 is 0 Å². The average molecular weight is 762 g/mol. The molecule has 0 saturated carbocycles. The van der Waals surface area contributed by atoms with Crippen molar-refractivity contribution >= 4 is 55.9 Å². The van der Waals surface area contributed by atoms with Crippen molar-refractivity contribution in [1.82, 2.24) is 4.57 Å². The van der Waals surface area contributed by atoms with Crippen molar-refractivity contribution < 1.29 is 0 Å². The molecule has 11 rings (SSSR count). The van der Waals surface area contributed by atoms with E-state index in [1.165, 1.54) is 75.7 Å². The minimum absolute atomic E-state index is 1.12. The highest BCUT2D eigenvalue weighted by Gasteiger charge is 2.31. The van der Waals surface area contributed by atoms with Gasteiger partial charge in [0.2, 0.25) is 0 Å². The molecule has 2 aliphatic rings. The molecular formula is C56H47N3. The van der Waals surface area contributed by atoms with Crippen LogP contribution >= 0.6 is 0 Å². The van der Waals surface area contributed by atoms with Crippen LogP contribution in [-0.2, 0) is 25.7 Å². The van der Waals surface area contributed by atoms with Gasteiger partial charge >= 0.3 is 0 Å². The number of hydrogen-bond donors (Lipinski definition) is 0. The van der Waals surface area contributed by atoms with Gasteiger partial charge in [0.25, 0.3) is 0 Å². The zero-order valence-corrected chi connectivity index (χ0v) is 33.4. The van der Waals surface area contributed by atoms with Crippen LogP contribution in [0.25, 0.3) is 38.6 Å². The second kappa shape index (κ2) is 15.2. The standard InChI is InChI=1S/C56H47N3/c1-4-18-40(19-5-1)55-49-26-10-12-28-51(49)56(52-29-13-11-27-50(52)55)58(42-22-8-3-9-23-42)45-36-32-43(33-37-45)57(41-20-6-2-7-21-41)44-34-38-46(39-35-44)59-53-30-16-14-24-47(53)48-25-15-17-31-54(48)59/h1-9,14-25,30-39H,10-13,26-29H2. The van der Waals surface area contributed by atoms with Crippen LogP contribution in [0.2, 0.25) is 0 Å². The van der Waals surface area contributed by atoms with Crippen LogP contribution < -0.4 is 9.80 Å². The van der Waals surface area contributed by atoms with Crippen molar-refractivity contribution in [2.75, 3.05) is 9.80 Å². The highest BCUT2D eigenvalue weighted by atomic mass is 15.2. The quantitative estimate of drug-likeness (QED) is 0.153. The summed E-state index contributed by atoms with van der Waals surface area (Å²) in [5.41, 5.74) is 20.0. The molecule has 0 amide bonds. The molecule has 0 bridgehead atoms. The number of para-hydroxylation sites is 4. The number of rotatable bonds is 8. The molecule has 8 aromatic carbocycles. The number of nitrogens with zero attached hydrogens (tertiary/aromatic N) is 3. The van der Waals surface area contributed by atoms with E-state index in [9.17, 15) is 0 Å². The summed E-state index contributed by atoms with van der Waals surface area (Å²) in [7, 11) is 0. The molecule has 2 aliphatic carbocycles. The fraction of sp³-hybridized carbons (Fsp3) is 0.143. The Morgan fingerprint density at radius 3 is 1.20 bits per heavy atom. The van der Waals surface area contributed by atoms with Gasteiger partial charge in [0.1, 0.15) is 0 Å². The van der Waals surface area contributed by atoms with Crippen LogP contribution in [0.3, 0.4) is 0 Å². The first-order valence-electron chi connectivity index (χ1n) is 21.5. The normalized spacial score (nSPS) is 13.6. The molecule has 0 atom stereocenters. The Bertz CT molecular complexity index is 2820. The Kier molecular flexibility index (Phi) is 9.08. The highest BCUT2D eigenvalue weighted by molar-refractivity contribution is 6.09. The predicted molar refractivity (Wildman–Crippen MR) is 249 cm³/mol. The summed E-state index contributed by atoms with van der Waals surface area (Å²) in [4.78, 5) is 4.98. The van der Waals surface area contributed by atoms with Gasteiger partial charge < -0.3 is 14.4 Å². The molecule has 0 N–H and O–H groups in total. The van der Waals surface area contributed by atoms with Gasteiger partial charge in [-0.2, -0.15) is 0 Å². The first kappa shape index (κ1) is 35.3. The van der Waals surface area contributed by atoms with E-state index in [0.717, 1.165) is 48.4 Å². The summed E-state index contributed by atoms with van der Waals surface area (Å²) in [6.07, 6.45) is 9.48. The molecule has 3 nitrogen and oxygen atoms in total. The van der Waals surface area contributed by atoms with Crippen LogP contribution in [0.5, 0.6) is 0 Å². The predicted octanol–water partition coefficient (Wildman–Crippen LogP) is 15.1. The monoisotopic (exact) mass is 761 g/mol. The fourth-order valence-electron chi connectivity index (χ4n) is 10.2. The van der Waals surface area contributed by atoms with Crippen LogP contribution in [0, 0.1) is 0 Å². The summed E-state index contributed by atoms with van der Waals surface area (Å²) in [6.45, 7) is 0. The largest absolute Gasteiger partial charge is 0.311 e. The Hall–Kier alpha value is -6.84. The molecule has 3 heteroatoms. The summed E-state index contributed by atoms with van der Waals surface area (Å²) < 4.78 is 2.39. The lowest BCUT2D eigenvalue weighted by Gasteiger charge is -2.37. The van der Waals surface area contributed by atoms with Crippen molar-refractivity contribution in [3.8, 4) is 16.8 Å². The molecule has 59 heavy (non-hydrogen) atoms. The number of hydrogen-bond acceptors (Lipinski definition) is 2. The first-order chi connectivity index (χ1) is 29.3. The molecule has 0 aliphatic heterocycles. The van der Waals surface area contributed by atoms with Gasteiger partial charge in [0.15, 0.2) is 0 Å². The summed E-state index contributed by atoms with van der Waals surface area (Å²) in [5, 5.41) is 2.55. The van der Waals surface area contributed by atoms with E-state index in [2.05, 4.69) is 202 Å². The van der Waals surface area contributed by atoms with Gasteiger partial charge in [-0.1, -0.05) is 103 Å². The fourth-order valence-corrected chi connectivity index (χ4v) is 10.2. The molecule has 9 aromatic rings. The van der Waals surface area contributed by atoms with Crippen molar-refractivity contribution in [2.24, 2.45) is 0 Å². The smallest absolute Gasteiger partial charge is 0.0541 e. The van der Waals surface area contributed by atoms with Gasteiger partial charge in [0.05, 0.1) is 16.7 Å². The molecule has 0 radical (unpaired) electrons. The maximum atomic E-state index is 2.60. The SMILES string of the molecule is c1ccc(-c2c3c(c(N(c4ccccc4)c4ccc(N(c5ccccc5)c5ccc(-n6c7ccccc7c7ccccc76)cc5)cc4)c4c2CCCC4)CCCC3)cc1. The minimum Gasteiger partial charge on any atom is -0.311 e. The Morgan fingerprint density at radius 2 is 0.695 bits per heavy atom. The van der Waals surface area contributed by atoms with E-state index in [-0.39, 0.29) is 0 Å². The van der Waals surface area contributed by atoms with Gasteiger partial charge in [0, 0.05) is 44.9 Å². The molecule has 0 unspecified atom stereocenters. The van der Waals surface area contributed by atoms with E-state index in [1.807, 2.05) is 0 Å². The van der Waals surface area contributed by atoms with E-state index in [0.29, 0.717) is 0 Å². The van der Waals surface area contributed by atoms with Crippen LogP contribution in [-0.4, -0.2) is 4.57 Å². The molecule has 0 saturated heterocycles. The number of benzene rings is 8. The Labute approximate surface area is 347 Å². The molecule has 286 valence electrons. The first-order valence-corrected chi connectivity index (χ1v) is 21.5. The summed E-state index contributed by atoms with van der Waals surface area (Å²) >= 11 is 0. The maximum absolute atomic E-state index is 2.60. The zero-order valence-electron chi connectivity index (χ0n) is 33.4. The molecule has 1 aromatic heterocycles. The van der Waals surface area contributed by atoms with Gasteiger partial charge in [-0.15, -0.1) is 0 Å². The number of fused-ring (bicyclic) bond motifs is 5. The van der Waals surface area contributed by atoms with Gasteiger partial charge in [-0.3, -0.25) is 0 Å². The number of anilines is 6. The van der Waals surface area contributed by atoms with E-state index in [4.69, 9.17) is 0 Å². The third-order valence-electron chi connectivity index (χ3n) is 12.7. The van der Waals surface area contributed by atoms with Crippen molar-refractivity contribution in [2.45, 2.75) is 51.4 Å². The molecule has 0 spiro atoms. The minimum atomic E-state index is 1.12. The van der Waals surface area contributed by atoms with E-state index < -0.39 is 0 Å². The summed E-state index contributed by atoms with van der Waals surface area (Å²) in [5.74, 6) is 0. The second-order valence-corrected chi connectivity index (χ2v) is 16.2. The lowest BCUT2D eigenvalue weighted by Crippen LogP contribution is -2.22. The zero-order chi connectivity index (χ0) is 39.1. The molecule has 1 heterocycles. The third-order valence-corrected chi connectivity index (χ3v) is 12.7. The Balaban J connectivity index is 1.03. The van der Waals surface area contributed by atoms with E-state index in [1.54, 1.807) is 22.3 Å². The lowest BCUT2D eigenvalue weighted by atomic mass is 9.75. The van der Waals surface area contributed by atoms with Crippen LogP contribution in [0.15, 0.2) is 188 Å². The van der Waals surface area contributed by atoms with Crippen molar-refractivity contribution in [1.29, 1.82) is 0 Å². The average Bonchev–Trinajstić information content (AvgIpc) is 3.65. The van der Waals surface area contributed by atoms with Crippen LogP contribution in [0.1, 0.15) is 47.9 Å². The topological polar surface area (TPSA) is 11.4 Å². The van der Waals surface area contributed by atoms with Gasteiger partial charge in [-0.05, 0) is 170 Å². The third kappa shape index (κ3) is 6.20. The second-order valence-electron chi connectivity index (χ2n) is 16.2. The molecule has 0 fully saturated rings. The van der Waals surface area contributed by atoms with Crippen molar-refractivity contribution in [3.63, 3.8) is 0 Å². The maximum Gasteiger partial charge on any atom is 0.0541 e.